The average molecular weight is 260 g/mol. The van der Waals surface area contributed by atoms with Crippen LogP contribution < -0.4 is 10.5 Å². The Morgan fingerprint density at radius 1 is 1.29 bits per heavy atom. The van der Waals surface area contributed by atoms with Gasteiger partial charge in [-0.2, -0.15) is 13.2 Å². The minimum atomic E-state index is -4.41. The molecule has 2 aromatic rings. The predicted octanol–water partition coefficient (Wildman–Crippen LogP) is 3.54. The Hall–Kier alpha value is -1.76. The highest BCUT2D eigenvalue weighted by molar-refractivity contribution is 7.11. The first-order valence-corrected chi connectivity index (χ1v) is 5.39. The summed E-state index contributed by atoms with van der Waals surface area (Å²) in [6.07, 6.45) is -2.88. The molecule has 0 atom stereocenters. The number of nitrogen functional groups attached to an aromatic ring is 1. The molecule has 90 valence electrons. The summed E-state index contributed by atoms with van der Waals surface area (Å²) in [5, 5.41) is 2.02. The second-order valence-electron chi connectivity index (χ2n) is 3.15. The summed E-state index contributed by atoms with van der Waals surface area (Å²) in [6, 6.07) is 2.93. The van der Waals surface area contributed by atoms with Crippen molar-refractivity contribution in [1.82, 2.24) is 4.98 Å². The SMILES string of the molecule is Nc1cc(C(F)(F)F)ccc1Oc1nccs1. The van der Waals surface area contributed by atoms with Gasteiger partial charge in [-0.3, -0.25) is 0 Å². The first-order valence-electron chi connectivity index (χ1n) is 4.51. The molecular formula is C10H7F3N2OS. The standard InChI is InChI=1S/C10H7F3N2OS/c11-10(12,13)6-1-2-8(7(14)5-6)16-9-15-3-4-17-9/h1-5H,14H2. The zero-order chi connectivity index (χ0) is 12.5. The van der Waals surface area contributed by atoms with Crippen molar-refractivity contribution in [3.63, 3.8) is 0 Å². The quantitative estimate of drug-likeness (QED) is 0.840. The van der Waals surface area contributed by atoms with Gasteiger partial charge in [-0.1, -0.05) is 11.3 Å². The zero-order valence-corrected chi connectivity index (χ0v) is 9.18. The highest BCUT2D eigenvalue weighted by atomic mass is 32.1. The van der Waals surface area contributed by atoms with Crippen LogP contribution in [0.2, 0.25) is 0 Å². The number of aromatic nitrogens is 1. The largest absolute Gasteiger partial charge is 0.429 e. The lowest BCUT2D eigenvalue weighted by atomic mass is 10.2. The van der Waals surface area contributed by atoms with Crippen LogP contribution in [0, 0.1) is 0 Å². The van der Waals surface area contributed by atoms with E-state index in [2.05, 4.69) is 4.98 Å². The summed E-state index contributed by atoms with van der Waals surface area (Å²) in [7, 11) is 0. The van der Waals surface area contributed by atoms with E-state index in [9.17, 15) is 13.2 Å². The predicted molar refractivity (Wildman–Crippen MR) is 58.0 cm³/mol. The summed E-state index contributed by atoms with van der Waals surface area (Å²) in [6.45, 7) is 0. The van der Waals surface area contributed by atoms with Gasteiger partial charge in [0.25, 0.3) is 5.19 Å². The van der Waals surface area contributed by atoms with Crippen molar-refractivity contribution in [3.8, 4) is 10.9 Å². The van der Waals surface area contributed by atoms with Gasteiger partial charge in [0.15, 0.2) is 5.75 Å². The van der Waals surface area contributed by atoms with Crippen molar-refractivity contribution in [3.05, 3.63) is 35.3 Å². The fourth-order valence-electron chi connectivity index (χ4n) is 1.17. The molecule has 0 radical (unpaired) electrons. The minimum absolute atomic E-state index is 0.0741. The highest BCUT2D eigenvalue weighted by Crippen LogP contribution is 2.35. The molecule has 1 aromatic carbocycles. The van der Waals surface area contributed by atoms with Crippen LogP contribution in [0.25, 0.3) is 0 Å². The van der Waals surface area contributed by atoms with E-state index in [1.165, 1.54) is 23.6 Å². The van der Waals surface area contributed by atoms with Crippen molar-refractivity contribution < 1.29 is 17.9 Å². The molecule has 0 saturated heterocycles. The van der Waals surface area contributed by atoms with Gasteiger partial charge < -0.3 is 10.5 Å². The number of nitrogens with zero attached hydrogens (tertiary/aromatic N) is 1. The Morgan fingerprint density at radius 2 is 2.06 bits per heavy atom. The number of hydrogen-bond donors (Lipinski definition) is 1. The Kier molecular flexibility index (Phi) is 2.93. The normalized spacial score (nSPS) is 11.5. The van der Waals surface area contributed by atoms with Gasteiger partial charge in [0, 0.05) is 11.6 Å². The molecule has 0 saturated carbocycles. The molecule has 0 fully saturated rings. The van der Waals surface area contributed by atoms with Crippen molar-refractivity contribution in [2.24, 2.45) is 0 Å². The molecule has 3 nitrogen and oxygen atoms in total. The number of halogens is 3. The maximum absolute atomic E-state index is 12.4. The number of ether oxygens (including phenoxy) is 1. The lowest BCUT2D eigenvalue weighted by Gasteiger charge is -2.10. The minimum Gasteiger partial charge on any atom is -0.429 e. The van der Waals surface area contributed by atoms with Gasteiger partial charge in [-0.25, -0.2) is 4.98 Å². The van der Waals surface area contributed by atoms with Crippen LogP contribution in [0.15, 0.2) is 29.8 Å². The lowest BCUT2D eigenvalue weighted by Crippen LogP contribution is -2.05. The number of thiazole rings is 1. The van der Waals surface area contributed by atoms with Gasteiger partial charge in [0.05, 0.1) is 11.3 Å². The van der Waals surface area contributed by atoms with E-state index in [0.29, 0.717) is 5.19 Å². The Morgan fingerprint density at radius 3 is 2.59 bits per heavy atom. The molecule has 7 heteroatoms. The third-order valence-corrected chi connectivity index (χ3v) is 2.59. The van der Waals surface area contributed by atoms with E-state index in [4.69, 9.17) is 10.5 Å². The average Bonchev–Trinajstić information content (AvgIpc) is 2.72. The van der Waals surface area contributed by atoms with Gasteiger partial charge in [0.2, 0.25) is 0 Å². The maximum Gasteiger partial charge on any atom is 0.416 e. The molecule has 0 bridgehead atoms. The second-order valence-corrected chi connectivity index (χ2v) is 4.01. The molecule has 0 aliphatic heterocycles. The number of nitrogens with two attached hydrogens (primary N) is 1. The Bertz CT molecular complexity index is 511. The van der Waals surface area contributed by atoms with Crippen LogP contribution in [-0.4, -0.2) is 4.98 Å². The number of benzene rings is 1. The smallest absolute Gasteiger partial charge is 0.416 e. The van der Waals surface area contributed by atoms with Crippen LogP contribution in [0.5, 0.6) is 10.9 Å². The molecule has 0 aliphatic carbocycles. The lowest BCUT2D eigenvalue weighted by molar-refractivity contribution is -0.137. The van der Waals surface area contributed by atoms with Crippen LogP contribution >= 0.6 is 11.3 Å². The van der Waals surface area contributed by atoms with Gasteiger partial charge in [-0.05, 0) is 18.2 Å². The summed E-state index contributed by atoms with van der Waals surface area (Å²) in [5.41, 5.74) is 4.61. The van der Waals surface area contributed by atoms with Crippen LogP contribution in [0.3, 0.4) is 0 Å². The molecule has 17 heavy (non-hydrogen) atoms. The van der Waals surface area contributed by atoms with Crippen molar-refractivity contribution >= 4 is 17.0 Å². The number of anilines is 1. The fraction of sp³-hybridized carbons (Fsp3) is 0.100. The number of rotatable bonds is 2. The molecule has 0 spiro atoms. The topological polar surface area (TPSA) is 48.1 Å². The third kappa shape index (κ3) is 2.68. The van der Waals surface area contributed by atoms with E-state index >= 15 is 0 Å². The molecule has 2 N–H and O–H groups in total. The third-order valence-electron chi connectivity index (χ3n) is 1.94. The van der Waals surface area contributed by atoms with Gasteiger partial charge >= 0.3 is 6.18 Å². The van der Waals surface area contributed by atoms with E-state index in [-0.39, 0.29) is 11.4 Å². The summed E-state index contributed by atoms with van der Waals surface area (Å²) in [5.74, 6) is 0.160. The maximum atomic E-state index is 12.4. The van der Waals surface area contributed by atoms with Crippen molar-refractivity contribution in [1.29, 1.82) is 0 Å². The first-order chi connectivity index (χ1) is 7.97. The molecule has 1 aromatic heterocycles. The van der Waals surface area contributed by atoms with E-state index in [0.717, 1.165) is 12.1 Å². The summed E-state index contributed by atoms with van der Waals surface area (Å²) >= 11 is 1.23. The Balaban J connectivity index is 2.26. The molecule has 0 unspecified atom stereocenters. The van der Waals surface area contributed by atoms with Crippen LogP contribution in [0.1, 0.15) is 5.56 Å². The first kappa shape index (κ1) is 11.7. The summed E-state index contributed by atoms with van der Waals surface area (Å²) in [4.78, 5) is 3.84. The monoisotopic (exact) mass is 260 g/mol. The molecular weight excluding hydrogens is 253 g/mol. The molecule has 2 rings (SSSR count). The molecule has 0 amide bonds. The molecule has 1 heterocycles. The highest BCUT2D eigenvalue weighted by Gasteiger charge is 2.31. The van der Waals surface area contributed by atoms with Crippen molar-refractivity contribution in [2.75, 3.05) is 5.73 Å². The second kappa shape index (κ2) is 4.25. The van der Waals surface area contributed by atoms with Gasteiger partial charge in [0.1, 0.15) is 0 Å². The van der Waals surface area contributed by atoms with E-state index < -0.39 is 11.7 Å². The van der Waals surface area contributed by atoms with Crippen molar-refractivity contribution in [2.45, 2.75) is 6.18 Å². The summed E-state index contributed by atoms with van der Waals surface area (Å²) < 4.78 is 42.3. The Labute approximate surface area is 98.7 Å². The zero-order valence-electron chi connectivity index (χ0n) is 8.36. The van der Waals surface area contributed by atoms with E-state index in [1.54, 1.807) is 5.38 Å². The van der Waals surface area contributed by atoms with Crippen LogP contribution in [-0.2, 0) is 6.18 Å². The number of alkyl halides is 3. The van der Waals surface area contributed by atoms with Gasteiger partial charge in [-0.15, -0.1) is 0 Å². The van der Waals surface area contributed by atoms with E-state index in [1.807, 2.05) is 0 Å². The number of hydrogen-bond acceptors (Lipinski definition) is 4. The fourth-order valence-corrected chi connectivity index (χ4v) is 1.67. The molecule has 0 aliphatic rings. The van der Waals surface area contributed by atoms with Crippen LogP contribution in [0.4, 0.5) is 18.9 Å².